The predicted octanol–water partition coefficient (Wildman–Crippen LogP) is -0.0780. The van der Waals surface area contributed by atoms with Crippen LogP contribution >= 0.6 is 0 Å². The molecule has 1 aromatic rings. The zero-order valence-corrected chi connectivity index (χ0v) is 12.4. The molecule has 0 aliphatic rings. The molecule has 0 atom stereocenters. The predicted molar refractivity (Wildman–Crippen MR) is 78.5 cm³/mol. The second-order valence-corrected chi connectivity index (χ2v) is 4.03. The van der Waals surface area contributed by atoms with E-state index in [4.69, 9.17) is 0 Å². The van der Waals surface area contributed by atoms with Crippen molar-refractivity contribution >= 4 is 36.5 Å². The maximum absolute atomic E-state index is 10.8. The minimum Gasteiger partial charge on any atom is -0.211 e. The number of hydrogen-bond acceptors (Lipinski definition) is 12. The molecule has 26 heavy (non-hydrogen) atoms. The van der Waals surface area contributed by atoms with Crippen LogP contribution in [0, 0.1) is 0 Å². The first-order valence-corrected chi connectivity index (χ1v) is 6.24. The molecule has 0 bridgehead atoms. The highest BCUT2D eigenvalue weighted by Crippen LogP contribution is 2.39. The standard InChI is InChI=1S/C14H4N6O6/c21-5-15-13(16-6-22,17-7-23)11-3-1-2-4-12(11)14(18-8-24,19-9-25)20-10-26/h1-4H. The van der Waals surface area contributed by atoms with Crippen LogP contribution < -0.4 is 0 Å². The van der Waals surface area contributed by atoms with E-state index in [0.717, 1.165) is 48.6 Å². The molecule has 1 rings (SSSR count). The van der Waals surface area contributed by atoms with Crippen LogP contribution in [0.3, 0.4) is 0 Å². The Kier molecular flexibility index (Phi) is 6.73. The van der Waals surface area contributed by atoms with Crippen LogP contribution in [0.25, 0.3) is 0 Å². The number of aliphatic imine (C=N–C) groups is 6. The highest BCUT2D eigenvalue weighted by Gasteiger charge is 2.42. The summed E-state index contributed by atoms with van der Waals surface area (Å²) in [6.07, 6.45) is 6.34. The van der Waals surface area contributed by atoms with Gasteiger partial charge in [0.2, 0.25) is 36.5 Å². The van der Waals surface area contributed by atoms with Crippen molar-refractivity contribution in [3.05, 3.63) is 35.4 Å². The molecule has 0 heterocycles. The Morgan fingerprint density at radius 3 is 0.923 bits per heavy atom. The third kappa shape index (κ3) is 3.69. The molecule has 0 aliphatic heterocycles. The van der Waals surface area contributed by atoms with Gasteiger partial charge in [-0.15, -0.1) is 30.0 Å². The van der Waals surface area contributed by atoms with E-state index >= 15 is 0 Å². The van der Waals surface area contributed by atoms with Crippen molar-refractivity contribution in [3.63, 3.8) is 0 Å². The van der Waals surface area contributed by atoms with Gasteiger partial charge < -0.3 is 0 Å². The van der Waals surface area contributed by atoms with Gasteiger partial charge in [0, 0.05) is 11.1 Å². The Labute approximate surface area is 143 Å². The SMILES string of the molecule is O=C=NC(N=C=O)(N=C=O)c1ccccc1C(N=C=O)(N=C=O)N=C=O. The van der Waals surface area contributed by atoms with Gasteiger partial charge >= 0.3 is 11.6 Å². The second-order valence-electron chi connectivity index (χ2n) is 4.03. The lowest BCUT2D eigenvalue weighted by molar-refractivity contribution is 0.427. The number of hydrogen-bond donors (Lipinski definition) is 0. The van der Waals surface area contributed by atoms with Gasteiger partial charge in [-0.1, -0.05) is 24.3 Å². The molecular weight excluding hydrogens is 348 g/mol. The van der Waals surface area contributed by atoms with Gasteiger partial charge in [0.25, 0.3) is 0 Å². The summed E-state index contributed by atoms with van der Waals surface area (Å²) in [7, 11) is 0. The smallest absolute Gasteiger partial charge is 0.211 e. The van der Waals surface area contributed by atoms with E-state index in [2.05, 4.69) is 30.0 Å². The minimum atomic E-state index is -2.58. The molecule has 0 saturated carbocycles. The Hall–Kier alpha value is -4.50. The fraction of sp³-hybridized carbons (Fsp3) is 0.143. The number of carbonyl (C=O) groups excluding carboxylic acids is 6. The van der Waals surface area contributed by atoms with Crippen molar-refractivity contribution in [1.29, 1.82) is 0 Å². The number of benzene rings is 1. The maximum atomic E-state index is 10.8. The van der Waals surface area contributed by atoms with Crippen LogP contribution in [0.4, 0.5) is 0 Å². The highest BCUT2D eigenvalue weighted by molar-refractivity contribution is 5.52. The van der Waals surface area contributed by atoms with Crippen LogP contribution in [0.15, 0.2) is 54.2 Å². The molecule has 126 valence electrons. The molecule has 12 heteroatoms. The zero-order chi connectivity index (χ0) is 19.5. The lowest BCUT2D eigenvalue weighted by Gasteiger charge is -2.24. The van der Waals surface area contributed by atoms with Gasteiger partial charge in [-0.25, -0.2) is 28.8 Å². The van der Waals surface area contributed by atoms with Crippen LogP contribution in [-0.4, -0.2) is 36.5 Å². The average molecular weight is 352 g/mol. The summed E-state index contributed by atoms with van der Waals surface area (Å²) in [6, 6.07) is 4.87. The van der Waals surface area contributed by atoms with Crippen LogP contribution in [-0.2, 0) is 40.3 Å². The van der Waals surface area contributed by atoms with E-state index in [1.54, 1.807) is 0 Å². The molecule has 0 unspecified atom stereocenters. The van der Waals surface area contributed by atoms with E-state index in [1.807, 2.05) is 0 Å². The summed E-state index contributed by atoms with van der Waals surface area (Å²) in [5.74, 6) is -5.16. The topological polar surface area (TPSA) is 177 Å². The molecule has 0 spiro atoms. The van der Waals surface area contributed by atoms with Crippen molar-refractivity contribution in [1.82, 2.24) is 0 Å². The molecule has 0 saturated heterocycles. The lowest BCUT2D eigenvalue weighted by Crippen LogP contribution is -2.27. The first-order valence-electron chi connectivity index (χ1n) is 6.24. The first kappa shape index (κ1) is 19.5. The van der Waals surface area contributed by atoms with Gasteiger partial charge in [-0.2, -0.15) is 0 Å². The van der Waals surface area contributed by atoms with Crippen molar-refractivity contribution in [3.8, 4) is 0 Å². The Morgan fingerprint density at radius 1 is 0.500 bits per heavy atom. The normalized spacial score (nSPS) is 13.2. The highest BCUT2D eigenvalue weighted by atomic mass is 16.1. The largest absolute Gasteiger partial charge is 0.304 e. The summed E-state index contributed by atoms with van der Waals surface area (Å²) in [4.78, 5) is 83.6. The Bertz CT molecular complexity index is 824. The third-order valence-electron chi connectivity index (χ3n) is 2.86. The van der Waals surface area contributed by atoms with E-state index < -0.39 is 22.7 Å². The maximum Gasteiger partial charge on any atom is 0.304 e. The van der Waals surface area contributed by atoms with E-state index in [9.17, 15) is 28.8 Å². The zero-order valence-electron chi connectivity index (χ0n) is 12.4. The fourth-order valence-electron chi connectivity index (χ4n) is 1.96. The van der Waals surface area contributed by atoms with Crippen LogP contribution in [0.1, 0.15) is 11.1 Å². The van der Waals surface area contributed by atoms with Crippen molar-refractivity contribution < 1.29 is 28.8 Å². The molecule has 0 amide bonds. The van der Waals surface area contributed by atoms with E-state index in [0.29, 0.717) is 0 Å². The van der Waals surface area contributed by atoms with Crippen LogP contribution in [0.2, 0.25) is 0 Å². The molecular formula is C14H4N6O6. The van der Waals surface area contributed by atoms with E-state index in [1.165, 1.54) is 12.1 Å². The quantitative estimate of drug-likeness (QED) is 0.466. The fourth-order valence-corrected chi connectivity index (χ4v) is 1.96. The Balaban J connectivity index is 4.16. The van der Waals surface area contributed by atoms with Crippen molar-refractivity contribution in [2.45, 2.75) is 11.6 Å². The summed E-state index contributed by atoms with van der Waals surface area (Å²) in [5.41, 5.74) is -0.792. The summed E-state index contributed by atoms with van der Waals surface area (Å²) in [5, 5.41) is 0. The lowest BCUT2D eigenvalue weighted by atomic mass is 9.96. The van der Waals surface area contributed by atoms with Gasteiger partial charge in [0.1, 0.15) is 0 Å². The summed E-state index contributed by atoms with van der Waals surface area (Å²) < 4.78 is 0. The molecule has 0 fully saturated rings. The monoisotopic (exact) mass is 352 g/mol. The molecule has 0 N–H and O–H groups in total. The minimum absolute atomic E-state index is 0.396. The second kappa shape index (κ2) is 8.96. The van der Waals surface area contributed by atoms with Gasteiger partial charge in [0.05, 0.1) is 0 Å². The van der Waals surface area contributed by atoms with Crippen molar-refractivity contribution in [2.75, 3.05) is 0 Å². The van der Waals surface area contributed by atoms with Gasteiger partial charge in [-0.05, 0) is 0 Å². The van der Waals surface area contributed by atoms with Gasteiger partial charge in [-0.3, -0.25) is 0 Å². The van der Waals surface area contributed by atoms with E-state index in [-0.39, 0.29) is 0 Å². The molecule has 0 radical (unpaired) electrons. The molecule has 0 aromatic heterocycles. The molecule has 0 aliphatic carbocycles. The Morgan fingerprint density at radius 2 is 0.731 bits per heavy atom. The molecule has 12 nitrogen and oxygen atoms in total. The average Bonchev–Trinajstić information content (AvgIpc) is 2.63. The van der Waals surface area contributed by atoms with Gasteiger partial charge in [0.15, 0.2) is 0 Å². The van der Waals surface area contributed by atoms with Crippen LogP contribution in [0.5, 0.6) is 0 Å². The summed E-state index contributed by atoms with van der Waals surface area (Å²) in [6.45, 7) is 0. The van der Waals surface area contributed by atoms with Crippen molar-refractivity contribution in [2.24, 2.45) is 30.0 Å². The third-order valence-corrected chi connectivity index (χ3v) is 2.86. The number of nitrogens with zero attached hydrogens (tertiary/aromatic N) is 6. The number of rotatable bonds is 8. The summed E-state index contributed by atoms with van der Waals surface area (Å²) >= 11 is 0. The first-order chi connectivity index (χ1) is 12.6. The number of isocyanates is 6. The molecule has 1 aromatic carbocycles.